The second-order valence-electron chi connectivity index (χ2n) is 12.0. The molecule has 0 bridgehead atoms. The number of hydrogen-bond donors (Lipinski definition) is 1. The summed E-state index contributed by atoms with van der Waals surface area (Å²) in [6, 6.07) is 0. The van der Waals surface area contributed by atoms with Crippen LogP contribution in [0.1, 0.15) is 206 Å². The van der Waals surface area contributed by atoms with Crippen molar-refractivity contribution in [2.24, 2.45) is 0 Å². The first-order chi connectivity index (χ1) is 18.8. The first kappa shape index (κ1) is 37.2. The van der Waals surface area contributed by atoms with E-state index in [-0.39, 0.29) is 5.91 Å². The molecule has 0 saturated heterocycles. The molecule has 1 N–H and O–H groups in total. The van der Waals surface area contributed by atoms with Gasteiger partial charge in [-0.05, 0) is 38.5 Å². The lowest BCUT2D eigenvalue weighted by molar-refractivity contribution is -0.121. The largest absolute Gasteiger partial charge is 0.356 e. The van der Waals surface area contributed by atoms with Crippen molar-refractivity contribution in [2.45, 2.75) is 206 Å². The van der Waals surface area contributed by atoms with Crippen LogP contribution in [0, 0.1) is 0 Å². The Bertz CT molecular complexity index is 472. The first-order valence-corrected chi connectivity index (χ1v) is 17.7. The first-order valence-electron chi connectivity index (χ1n) is 17.7. The maximum absolute atomic E-state index is 12.0. The Hall–Kier alpha value is -0.790. The Morgan fingerprint density at radius 2 is 0.737 bits per heavy atom. The van der Waals surface area contributed by atoms with Crippen molar-refractivity contribution < 1.29 is 4.79 Å². The third kappa shape index (κ3) is 33.2. The van der Waals surface area contributed by atoms with Gasteiger partial charge in [-0.15, -0.1) is 0 Å². The molecular formula is C36H71NO. The quantitative estimate of drug-likeness (QED) is 0.0676. The zero-order chi connectivity index (χ0) is 27.6. The van der Waals surface area contributed by atoms with Gasteiger partial charge >= 0.3 is 0 Å². The van der Waals surface area contributed by atoms with Crippen molar-refractivity contribution >= 4 is 5.91 Å². The summed E-state index contributed by atoms with van der Waals surface area (Å²) in [4.78, 5) is 12.0. The summed E-state index contributed by atoms with van der Waals surface area (Å²) in [5.74, 6) is 0.271. The molecule has 0 spiro atoms. The van der Waals surface area contributed by atoms with E-state index >= 15 is 0 Å². The number of nitrogens with one attached hydrogen (secondary N) is 1. The van der Waals surface area contributed by atoms with Gasteiger partial charge in [0.1, 0.15) is 0 Å². The Morgan fingerprint density at radius 1 is 0.421 bits per heavy atom. The minimum Gasteiger partial charge on any atom is -0.356 e. The van der Waals surface area contributed by atoms with E-state index in [0.717, 1.165) is 25.8 Å². The van der Waals surface area contributed by atoms with Gasteiger partial charge in [0.05, 0.1) is 0 Å². The fourth-order valence-corrected chi connectivity index (χ4v) is 5.35. The standard InChI is InChI=1S/C36H71NO/c1-3-5-7-9-11-13-15-17-19-21-23-25-27-29-31-33-35-37-36(38)34-32-30-28-26-24-22-20-18-16-14-12-10-8-6-4-2/h17,19H,3-16,18,20-35H2,1-2H3,(H,37,38). The van der Waals surface area contributed by atoms with Crippen LogP contribution in [-0.4, -0.2) is 12.5 Å². The Labute approximate surface area is 241 Å². The highest BCUT2D eigenvalue weighted by Gasteiger charge is 2.01. The predicted molar refractivity (Wildman–Crippen MR) is 172 cm³/mol. The summed E-state index contributed by atoms with van der Waals surface area (Å²) in [6.45, 7) is 5.45. The zero-order valence-electron chi connectivity index (χ0n) is 26.5. The van der Waals surface area contributed by atoms with E-state index in [2.05, 4.69) is 31.3 Å². The van der Waals surface area contributed by atoms with E-state index in [1.807, 2.05) is 0 Å². The van der Waals surface area contributed by atoms with Crippen LogP contribution in [0.2, 0.25) is 0 Å². The Balaban J connectivity index is 3.18. The van der Waals surface area contributed by atoms with Crippen molar-refractivity contribution in [3.8, 4) is 0 Å². The molecule has 0 aromatic rings. The Morgan fingerprint density at radius 3 is 1.13 bits per heavy atom. The van der Waals surface area contributed by atoms with Gasteiger partial charge in [0.25, 0.3) is 0 Å². The second kappa shape index (κ2) is 34.2. The van der Waals surface area contributed by atoms with Crippen LogP contribution in [0.15, 0.2) is 12.2 Å². The maximum atomic E-state index is 12.0. The highest BCUT2D eigenvalue weighted by atomic mass is 16.1. The van der Waals surface area contributed by atoms with Gasteiger partial charge in [-0.2, -0.15) is 0 Å². The van der Waals surface area contributed by atoms with Gasteiger partial charge in [-0.3, -0.25) is 4.79 Å². The summed E-state index contributed by atoms with van der Waals surface area (Å²) >= 11 is 0. The molecule has 0 heterocycles. The molecule has 38 heavy (non-hydrogen) atoms. The van der Waals surface area contributed by atoms with E-state index in [9.17, 15) is 4.79 Å². The van der Waals surface area contributed by atoms with Crippen LogP contribution in [0.4, 0.5) is 0 Å². The van der Waals surface area contributed by atoms with Crippen molar-refractivity contribution in [1.82, 2.24) is 5.32 Å². The molecule has 0 atom stereocenters. The molecule has 2 nitrogen and oxygen atoms in total. The number of carbonyl (C=O) groups is 1. The van der Waals surface area contributed by atoms with Crippen LogP contribution >= 0.6 is 0 Å². The van der Waals surface area contributed by atoms with Gasteiger partial charge in [0.15, 0.2) is 0 Å². The van der Waals surface area contributed by atoms with E-state index in [0.29, 0.717) is 0 Å². The summed E-state index contributed by atoms with van der Waals surface area (Å²) in [6.07, 6.45) is 44.8. The average molecular weight is 534 g/mol. The van der Waals surface area contributed by atoms with E-state index in [1.54, 1.807) is 0 Å². The smallest absolute Gasteiger partial charge is 0.219 e. The van der Waals surface area contributed by atoms with Crippen molar-refractivity contribution in [3.05, 3.63) is 12.2 Å². The molecule has 0 aromatic carbocycles. The van der Waals surface area contributed by atoms with Crippen LogP contribution in [0.25, 0.3) is 0 Å². The van der Waals surface area contributed by atoms with Crippen LogP contribution in [0.3, 0.4) is 0 Å². The SMILES string of the molecule is CCCCCCCCC=CCCCCCCCCNC(=O)CCCCCCCCCCCCCCCCC. The third-order valence-corrected chi connectivity index (χ3v) is 8.02. The number of rotatable bonds is 32. The van der Waals surface area contributed by atoms with Crippen molar-refractivity contribution in [1.29, 1.82) is 0 Å². The van der Waals surface area contributed by atoms with Crippen molar-refractivity contribution in [3.63, 3.8) is 0 Å². The number of allylic oxidation sites excluding steroid dienone is 2. The fraction of sp³-hybridized carbons (Fsp3) is 0.917. The summed E-state index contributed by atoms with van der Waals surface area (Å²) in [5, 5.41) is 3.13. The molecule has 0 radical (unpaired) electrons. The van der Waals surface area contributed by atoms with Crippen LogP contribution < -0.4 is 5.32 Å². The maximum Gasteiger partial charge on any atom is 0.219 e. The lowest BCUT2D eigenvalue weighted by Crippen LogP contribution is -2.23. The van der Waals surface area contributed by atoms with E-state index in [1.165, 1.54) is 173 Å². The number of unbranched alkanes of at least 4 members (excludes halogenated alkanes) is 26. The topological polar surface area (TPSA) is 29.1 Å². The molecule has 1 amide bonds. The zero-order valence-corrected chi connectivity index (χ0v) is 26.5. The van der Waals surface area contributed by atoms with Gasteiger partial charge < -0.3 is 5.32 Å². The van der Waals surface area contributed by atoms with Gasteiger partial charge in [-0.1, -0.05) is 174 Å². The van der Waals surface area contributed by atoms with Gasteiger partial charge in [-0.25, -0.2) is 0 Å². The predicted octanol–water partition coefficient (Wildman–Crippen LogP) is 12.4. The van der Waals surface area contributed by atoms with Crippen LogP contribution in [-0.2, 0) is 4.79 Å². The fourth-order valence-electron chi connectivity index (χ4n) is 5.35. The number of hydrogen-bond acceptors (Lipinski definition) is 1. The summed E-state index contributed by atoms with van der Waals surface area (Å²) < 4.78 is 0. The average Bonchev–Trinajstić information content (AvgIpc) is 2.92. The third-order valence-electron chi connectivity index (χ3n) is 8.02. The monoisotopic (exact) mass is 534 g/mol. The minimum atomic E-state index is 0.271. The second-order valence-corrected chi connectivity index (χ2v) is 12.0. The molecule has 0 aliphatic carbocycles. The van der Waals surface area contributed by atoms with Gasteiger partial charge in [0.2, 0.25) is 5.91 Å². The lowest BCUT2D eigenvalue weighted by atomic mass is 10.0. The lowest BCUT2D eigenvalue weighted by Gasteiger charge is -2.06. The molecule has 226 valence electrons. The highest BCUT2D eigenvalue weighted by Crippen LogP contribution is 2.14. The highest BCUT2D eigenvalue weighted by molar-refractivity contribution is 5.75. The minimum absolute atomic E-state index is 0.271. The molecular weight excluding hydrogens is 462 g/mol. The summed E-state index contributed by atoms with van der Waals surface area (Å²) in [5.41, 5.74) is 0. The van der Waals surface area contributed by atoms with E-state index in [4.69, 9.17) is 0 Å². The molecule has 0 aromatic heterocycles. The molecule has 0 aliphatic heterocycles. The molecule has 0 saturated carbocycles. The Kier molecular flexibility index (Phi) is 33.5. The van der Waals surface area contributed by atoms with Gasteiger partial charge in [0, 0.05) is 13.0 Å². The molecule has 0 fully saturated rings. The number of amides is 1. The molecule has 0 aliphatic rings. The van der Waals surface area contributed by atoms with Crippen LogP contribution in [0.5, 0.6) is 0 Å². The molecule has 2 heteroatoms. The number of carbonyl (C=O) groups excluding carboxylic acids is 1. The molecule has 0 rings (SSSR count). The molecule has 0 unspecified atom stereocenters. The van der Waals surface area contributed by atoms with Crippen molar-refractivity contribution in [2.75, 3.05) is 6.54 Å². The normalized spacial score (nSPS) is 11.5. The van der Waals surface area contributed by atoms with E-state index < -0.39 is 0 Å². The summed E-state index contributed by atoms with van der Waals surface area (Å²) in [7, 11) is 0.